The van der Waals surface area contributed by atoms with Gasteiger partial charge in [-0.25, -0.2) is 0 Å². The van der Waals surface area contributed by atoms with Gasteiger partial charge in [-0.3, -0.25) is 9.59 Å². The van der Waals surface area contributed by atoms with Gasteiger partial charge in [-0.1, -0.05) is 17.7 Å². The van der Waals surface area contributed by atoms with Crippen molar-refractivity contribution in [3.8, 4) is 11.5 Å². The van der Waals surface area contributed by atoms with Crippen molar-refractivity contribution in [1.82, 2.24) is 10.2 Å². The predicted octanol–water partition coefficient (Wildman–Crippen LogP) is 3.06. The highest BCUT2D eigenvalue weighted by Gasteiger charge is 2.15. The summed E-state index contributed by atoms with van der Waals surface area (Å²) in [4.78, 5) is 25.7. The van der Waals surface area contributed by atoms with Gasteiger partial charge in [-0.05, 0) is 49.8 Å². The third-order valence-corrected chi connectivity index (χ3v) is 4.75. The molecule has 0 aliphatic heterocycles. The van der Waals surface area contributed by atoms with E-state index in [2.05, 4.69) is 11.4 Å². The van der Waals surface area contributed by atoms with E-state index in [9.17, 15) is 9.59 Å². The first-order chi connectivity index (χ1) is 13.0. The Labute approximate surface area is 161 Å². The summed E-state index contributed by atoms with van der Waals surface area (Å²) in [7, 11) is 3.15. The molecule has 0 heterocycles. The van der Waals surface area contributed by atoms with E-state index in [0.717, 1.165) is 24.8 Å². The van der Waals surface area contributed by atoms with Gasteiger partial charge in [0, 0.05) is 20.0 Å². The van der Waals surface area contributed by atoms with E-state index < -0.39 is 0 Å². The van der Waals surface area contributed by atoms with Crippen molar-refractivity contribution in [2.45, 2.75) is 45.6 Å². The van der Waals surface area contributed by atoms with E-state index in [0.29, 0.717) is 24.6 Å². The van der Waals surface area contributed by atoms with Crippen LogP contribution in [0.15, 0.2) is 29.8 Å². The molecule has 1 aromatic rings. The minimum absolute atomic E-state index is 0.0444. The molecule has 1 aliphatic carbocycles. The van der Waals surface area contributed by atoms with Crippen LogP contribution in [0.3, 0.4) is 0 Å². The molecule has 2 amide bonds. The normalized spacial score (nSPS) is 13.5. The van der Waals surface area contributed by atoms with Gasteiger partial charge in [0.1, 0.15) is 0 Å². The highest BCUT2D eigenvalue weighted by molar-refractivity contribution is 5.83. The standard InChI is InChI=1S/C21H30N2O4/c1-16(24)23(14-18-9-10-19(26-2)20(13-18)27-3)15-21(25)22-12-11-17-7-5-4-6-8-17/h7,9-10,13H,4-6,8,11-12,14-15H2,1-3H3,(H,22,25). The fourth-order valence-corrected chi connectivity index (χ4v) is 3.20. The number of methoxy groups -OCH3 is 2. The van der Waals surface area contributed by atoms with Crippen LogP contribution in [-0.2, 0) is 16.1 Å². The topological polar surface area (TPSA) is 67.9 Å². The largest absolute Gasteiger partial charge is 0.493 e. The lowest BCUT2D eigenvalue weighted by Gasteiger charge is -2.21. The summed E-state index contributed by atoms with van der Waals surface area (Å²) in [6.07, 6.45) is 7.96. The monoisotopic (exact) mass is 374 g/mol. The highest BCUT2D eigenvalue weighted by Crippen LogP contribution is 2.28. The molecular weight excluding hydrogens is 344 g/mol. The molecule has 0 saturated heterocycles. The third-order valence-electron chi connectivity index (χ3n) is 4.75. The van der Waals surface area contributed by atoms with Crippen LogP contribution in [0.5, 0.6) is 11.5 Å². The van der Waals surface area contributed by atoms with Crippen LogP contribution in [0.4, 0.5) is 0 Å². The summed E-state index contributed by atoms with van der Waals surface area (Å²) in [5.74, 6) is 0.950. The average Bonchev–Trinajstić information content (AvgIpc) is 2.68. The van der Waals surface area contributed by atoms with Crippen LogP contribution < -0.4 is 14.8 Å². The lowest BCUT2D eigenvalue weighted by molar-refractivity contribution is -0.134. The quantitative estimate of drug-likeness (QED) is 0.675. The zero-order valence-electron chi connectivity index (χ0n) is 16.5. The van der Waals surface area contributed by atoms with Gasteiger partial charge in [0.2, 0.25) is 11.8 Å². The molecule has 0 spiro atoms. The highest BCUT2D eigenvalue weighted by atomic mass is 16.5. The number of nitrogens with zero attached hydrogens (tertiary/aromatic N) is 1. The Kier molecular flexibility index (Phi) is 8.17. The zero-order chi connectivity index (χ0) is 19.6. The zero-order valence-corrected chi connectivity index (χ0v) is 16.5. The van der Waals surface area contributed by atoms with E-state index >= 15 is 0 Å². The van der Waals surface area contributed by atoms with Gasteiger partial charge < -0.3 is 19.7 Å². The van der Waals surface area contributed by atoms with E-state index in [1.807, 2.05) is 12.1 Å². The Morgan fingerprint density at radius 1 is 1.15 bits per heavy atom. The van der Waals surface area contributed by atoms with Crippen molar-refractivity contribution in [1.29, 1.82) is 0 Å². The Hall–Kier alpha value is -2.50. The van der Waals surface area contributed by atoms with Gasteiger partial charge in [-0.2, -0.15) is 0 Å². The van der Waals surface area contributed by atoms with Crippen molar-refractivity contribution in [2.24, 2.45) is 0 Å². The van der Waals surface area contributed by atoms with Crippen molar-refractivity contribution in [3.63, 3.8) is 0 Å². The first kappa shape index (κ1) is 20.8. The number of amides is 2. The second-order valence-corrected chi connectivity index (χ2v) is 6.77. The van der Waals surface area contributed by atoms with E-state index in [4.69, 9.17) is 9.47 Å². The van der Waals surface area contributed by atoms with Crippen molar-refractivity contribution in [2.75, 3.05) is 27.3 Å². The maximum atomic E-state index is 12.2. The van der Waals surface area contributed by atoms with Crippen LogP contribution in [0.25, 0.3) is 0 Å². The number of hydrogen-bond donors (Lipinski definition) is 1. The second kappa shape index (κ2) is 10.6. The molecule has 0 bridgehead atoms. The summed E-state index contributed by atoms with van der Waals surface area (Å²) in [6, 6.07) is 5.48. The molecule has 0 atom stereocenters. The number of carbonyl (C=O) groups excluding carboxylic acids is 2. The molecular formula is C21H30N2O4. The molecule has 0 aromatic heterocycles. The molecule has 0 saturated carbocycles. The number of hydrogen-bond acceptors (Lipinski definition) is 4. The maximum absolute atomic E-state index is 12.2. The fourth-order valence-electron chi connectivity index (χ4n) is 3.20. The van der Waals surface area contributed by atoms with E-state index in [-0.39, 0.29) is 18.4 Å². The lowest BCUT2D eigenvalue weighted by Crippen LogP contribution is -2.39. The smallest absolute Gasteiger partial charge is 0.239 e. The lowest BCUT2D eigenvalue weighted by atomic mass is 9.97. The minimum Gasteiger partial charge on any atom is -0.493 e. The predicted molar refractivity (Wildman–Crippen MR) is 105 cm³/mol. The number of rotatable bonds is 9. The molecule has 27 heavy (non-hydrogen) atoms. The molecule has 1 aliphatic rings. The summed E-state index contributed by atoms with van der Waals surface area (Å²) >= 11 is 0. The molecule has 6 nitrogen and oxygen atoms in total. The molecule has 0 radical (unpaired) electrons. The molecule has 1 aromatic carbocycles. The van der Waals surface area contributed by atoms with Crippen molar-refractivity contribution < 1.29 is 19.1 Å². The van der Waals surface area contributed by atoms with E-state index in [1.165, 1.54) is 30.2 Å². The maximum Gasteiger partial charge on any atom is 0.239 e. The fraction of sp³-hybridized carbons (Fsp3) is 0.524. The molecule has 0 unspecified atom stereocenters. The first-order valence-corrected chi connectivity index (χ1v) is 9.44. The van der Waals surface area contributed by atoms with Crippen LogP contribution in [-0.4, -0.2) is 44.0 Å². The van der Waals surface area contributed by atoms with Gasteiger partial charge >= 0.3 is 0 Å². The summed E-state index contributed by atoms with van der Waals surface area (Å²) in [5.41, 5.74) is 2.30. The summed E-state index contributed by atoms with van der Waals surface area (Å²) in [6.45, 7) is 2.48. The summed E-state index contributed by atoms with van der Waals surface area (Å²) in [5, 5.41) is 2.92. The Bertz CT molecular complexity index is 685. The van der Waals surface area contributed by atoms with Gasteiger partial charge in [0.15, 0.2) is 11.5 Å². The number of allylic oxidation sites excluding steroid dienone is 1. The molecule has 148 valence electrons. The third kappa shape index (κ3) is 6.62. The molecule has 2 rings (SSSR count). The van der Waals surface area contributed by atoms with Crippen LogP contribution in [0.2, 0.25) is 0 Å². The van der Waals surface area contributed by atoms with Crippen molar-refractivity contribution in [3.05, 3.63) is 35.4 Å². The van der Waals surface area contributed by atoms with Crippen LogP contribution in [0.1, 0.15) is 44.6 Å². The van der Waals surface area contributed by atoms with Gasteiger partial charge in [-0.15, -0.1) is 0 Å². The Balaban J connectivity index is 1.88. The number of ether oxygens (including phenoxy) is 2. The van der Waals surface area contributed by atoms with Crippen LogP contribution >= 0.6 is 0 Å². The molecule has 0 fully saturated rings. The number of benzene rings is 1. The van der Waals surface area contributed by atoms with E-state index in [1.54, 1.807) is 20.3 Å². The number of carbonyl (C=O) groups is 2. The van der Waals surface area contributed by atoms with Crippen molar-refractivity contribution >= 4 is 11.8 Å². The molecule has 1 N–H and O–H groups in total. The SMILES string of the molecule is COc1ccc(CN(CC(=O)NCCC2=CCCCC2)C(C)=O)cc1OC. The average molecular weight is 374 g/mol. The second-order valence-electron chi connectivity index (χ2n) is 6.77. The molecule has 6 heteroatoms. The first-order valence-electron chi connectivity index (χ1n) is 9.44. The Morgan fingerprint density at radius 2 is 1.93 bits per heavy atom. The summed E-state index contributed by atoms with van der Waals surface area (Å²) < 4.78 is 10.5. The van der Waals surface area contributed by atoms with Gasteiger partial charge in [0.25, 0.3) is 0 Å². The van der Waals surface area contributed by atoms with Gasteiger partial charge in [0.05, 0.1) is 20.8 Å². The number of nitrogens with one attached hydrogen (secondary N) is 1. The van der Waals surface area contributed by atoms with Crippen LogP contribution in [0, 0.1) is 0 Å². The minimum atomic E-state index is -0.144. The Morgan fingerprint density at radius 3 is 2.56 bits per heavy atom.